The van der Waals surface area contributed by atoms with Crippen LogP contribution in [0.5, 0.6) is 5.75 Å². The van der Waals surface area contributed by atoms with Crippen LogP contribution < -0.4 is 4.74 Å². The molecule has 0 spiro atoms. The van der Waals surface area contributed by atoms with E-state index in [1.54, 1.807) is 6.92 Å². The number of nitrogens with zero attached hydrogens (tertiary/aromatic N) is 1. The first-order valence-corrected chi connectivity index (χ1v) is 7.42. The van der Waals surface area contributed by atoms with Crippen molar-refractivity contribution < 1.29 is 14.3 Å². The quantitative estimate of drug-likeness (QED) is 0.782. The number of hydrogen-bond acceptors (Lipinski definition) is 5. The Kier molecular flexibility index (Phi) is 4.98. The van der Waals surface area contributed by atoms with Crippen molar-refractivity contribution in [2.24, 2.45) is 0 Å². The number of thiazole rings is 1. The second-order valence-electron chi connectivity index (χ2n) is 3.79. The summed E-state index contributed by atoms with van der Waals surface area (Å²) in [5.41, 5.74) is 1.24. The fourth-order valence-corrected chi connectivity index (χ4v) is 2.77. The van der Waals surface area contributed by atoms with Crippen molar-refractivity contribution in [1.82, 2.24) is 4.98 Å². The molecule has 0 aliphatic carbocycles. The molecule has 0 fully saturated rings. The Morgan fingerprint density at radius 1 is 1.30 bits per heavy atom. The van der Waals surface area contributed by atoms with Crippen molar-refractivity contribution in [2.75, 3.05) is 13.2 Å². The van der Waals surface area contributed by atoms with Crippen molar-refractivity contribution in [3.05, 3.63) is 33.6 Å². The van der Waals surface area contributed by atoms with Gasteiger partial charge in [-0.25, -0.2) is 9.78 Å². The summed E-state index contributed by atoms with van der Waals surface area (Å²) >= 11 is 7.06. The highest BCUT2D eigenvalue weighted by Gasteiger charge is 2.22. The minimum Gasteiger partial charge on any atom is -0.493 e. The molecule has 0 atom stereocenters. The van der Waals surface area contributed by atoms with Crippen LogP contribution >= 0.6 is 22.9 Å². The smallest absolute Gasteiger partial charge is 0.350 e. The van der Waals surface area contributed by atoms with Crippen molar-refractivity contribution in [2.45, 2.75) is 13.8 Å². The lowest BCUT2D eigenvalue weighted by Crippen LogP contribution is -2.04. The molecule has 1 aromatic heterocycles. The predicted octanol–water partition coefficient (Wildman–Crippen LogP) is 4.04. The SMILES string of the molecule is CCOC(=O)c1sc(Cl)nc1-c1ccccc1OCC. The first kappa shape index (κ1) is 14.8. The molecule has 0 amide bonds. The molecule has 0 aliphatic heterocycles. The lowest BCUT2D eigenvalue weighted by Gasteiger charge is -2.09. The summed E-state index contributed by atoms with van der Waals surface area (Å²) in [5, 5.41) is 0. The van der Waals surface area contributed by atoms with Gasteiger partial charge in [0.15, 0.2) is 4.47 Å². The molecule has 20 heavy (non-hydrogen) atoms. The van der Waals surface area contributed by atoms with E-state index in [2.05, 4.69) is 4.98 Å². The minimum atomic E-state index is -0.418. The van der Waals surface area contributed by atoms with Crippen LogP contribution in [-0.2, 0) is 4.74 Å². The Bertz CT molecular complexity index is 612. The number of halogens is 1. The first-order valence-electron chi connectivity index (χ1n) is 6.23. The monoisotopic (exact) mass is 311 g/mol. The Hall–Kier alpha value is -1.59. The van der Waals surface area contributed by atoms with Crippen LogP contribution in [0.1, 0.15) is 23.5 Å². The van der Waals surface area contributed by atoms with Gasteiger partial charge in [-0.3, -0.25) is 0 Å². The van der Waals surface area contributed by atoms with Crippen LogP contribution in [-0.4, -0.2) is 24.2 Å². The van der Waals surface area contributed by atoms with Crippen LogP contribution in [0.3, 0.4) is 0 Å². The number of esters is 1. The van der Waals surface area contributed by atoms with Crippen LogP contribution in [0, 0.1) is 0 Å². The molecule has 106 valence electrons. The van der Waals surface area contributed by atoms with Gasteiger partial charge >= 0.3 is 5.97 Å². The lowest BCUT2D eigenvalue weighted by molar-refractivity contribution is 0.0532. The third-order valence-corrected chi connectivity index (χ3v) is 3.64. The van der Waals surface area contributed by atoms with Gasteiger partial charge in [0.1, 0.15) is 16.3 Å². The first-order chi connectivity index (χ1) is 9.67. The molecule has 0 aliphatic rings. The van der Waals surface area contributed by atoms with Crippen molar-refractivity contribution in [3.63, 3.8) is 0 Å². The number of para-hydroxylation sites is 1. The van der Waals surface area contributed by atoms with Gasteiger partial charge in [0.2, 0.25) is 0 Å². The van der Waals surface area contributed by atoms with E-state index in [-0.39, 0.29) is 0 Å². The molecule has 2 aromatic rings. The van der Waals surface area contributed by atoms with E-state index in [0.717, 1.165) is 16.9 Å². The van der Waals surface area contributed by atoms with Crippen molar-refractivity contribution >= 4 is 28.9 Å². The standard InChI is InChI=1S/C14H14ClNO3S/c1-3-18-10-8-6-5-7-9(10)11-12(13(17)19-4-2)20-14(15)16-11/h5-8H,3-4H2,1-2H3. The molecule has 1 heterocycles. The van der Waals surface area contributed by atoms with Gasteiger partial charge in [-0.15, -0.1) is 0 Å². The van der Waals surface area contributed by atoms with Crippen LogP contribution in [0.25, 0.3) is 11.3 Å². The molecular weight excluding hydrogens is 298 g/mol. The molecule has 4 nitrogen and oxygen atoms in total. The Morgan fingerprint density at radius 2 is 2.05 bits per heavy atom. The van der Waals surface area contributed by atoms with Gasteiger partial charge in [0.05, 0.1) is 13.2 Å². The molecular formula is C14H14ClNO3S. The Balaban J connectivity index is 2.50. The zero-order chi connectivity index (χ0) is 14.5. The molecule has 2 rings (SSSR count). The molecule has 6 heteroatoms. The summed E-state index contributed by atoms with van der Waals surface area (Å²) in [4.78, 5) is 16.6. The summed E-state index contributed by atoms with van der Waals surface area (Å²) in [6.45, 7) is 4.50. The number of carbonyl (C=O) groups is 1. The number of carbonyl (C=O) groups excluding carboxylic acids is 1. The minimum absolute atomic E-state index is 0.300. The molecule has 0 N–H and O–H groups in total. The van der Waals surface area contributed by atoms with E-state index in [9.17, 15) is 4.79 Å². The Morgan fingerprint density at radius 3 is 2.75 bits per heavy atom. The fourth-order valence-electron chi connectivity index (χ4n) is 1.76. The van der Waals surface area contributed by atoms with Gasteiger partial charge in [0.25, 0.3) is 0 Å². The maximum atomic E-state index is 12.0. The maximum Gasteiger partial charge on any atom is 0.350 e. The highest BCUT2D eigenvalue weighted by Crippen LogP contribution is 2.36. The zero-order valence-corrected chi connectivity index (χ0v) is 12.8. The second-order valence-corrected chi connectivity index (χ2v) is 5.38. The van der Waals surface area contributed by atoms with Gasteiger partial charge in [-0.05, 0) is 26.0 Å². The number of ether oxygens (including phenoxy) is 2. The highest BCUT2D eigenvalue weighted by molar-refractivity contribution is 7.17. The topological polar surface area (TPSA) is 48.4 Å². The van der Waals surface area contributed by atoms with Gasteiger partial charge in [0, 0.05) is 5.56 Å². The van der Waals surface area contributed by atoms with Crippen LogP contribution in [0.2, 0.25) is 4.47 Å². The normalized spacial score (nSPS) is 10.3. The summed E-state index contributed by atoms with van der Waals surface area (Å²) in [5.74, 6) is 0.251. The van der Waals surface area contributed by atoms with E-state index in [1.165, 1.54) is 0 Å². The highest BCUT2D eigenvalue weighted by atomic mass is 35.5. The molecule has 1 aromatic carbocycles. The third kappa shape index (κ3) is 3.11. The van der Waals surface area contributed by atoms with Crippen molar-refractivity contribution in [1.29, 1.82) is 0 Å². The summed E-state index contributed by atoms with van der Waals surface area (Å²) in [6, 6.07) is 7.41. The molecule has 0 saturated heterocycles. The Labute approximate surface area is 126 Å². The maximum absolute atomic E-state index is 12.0. The van der Waals surface area contributed by atoms with Gasteiger partial charge in [-0.1, -0.05) is 35.1 Å². The summed E-state index contributed by atoms with van der Waals surface area (Å²) in [7, 11) is 0. The van der Waals surface area contributed by atoms with E-state index in [4.69, 9.17) is 21.1 Å². The predicted molar refractivity (Wildman–Crippen MR) is 79.7 cm³/mol. The summed E-state index contributed by atoms with van der Waals surface area (Å²) in [6.07, 6.45) is 0. The molecule has 0 unspecified atom stereocenters. The molecule has 0 bridgehead atoms. The van der Waals surface area contributed by atoms with Crippen molar-refractivity contribution in [3.8, 4) is 17.0 Å². The number of hydrogen-bond donors (Lipinski definition) is 0. The fraction of sp³-hybridized carbons (Fsp3) is 0.286. The van der Waals surface area contributed by atoms with Crippen LogP contribution in [0.4, 0.5) is 0 Å². The largest absolute Gasteiger partial charge is 0.493 e. The van der Waals surface area contributed by atoms with Gasteiger partial charge in [-0.2, -0.15) is 0 Å². The van der Waals surface area contributed by atoms with E-state index in [1.807, 2.05) is 31.2 Å². The average molecular weight is 312 g/mol. The number of benzene rings is 1. The van der Waals surface area contributed by atoms with Gasteiger partial charge < -0.3 is 9.47 Å². The summed E-state index contributed by atoms with van der Waals surface area (Å²) < 4.78 is 10.9. The van der Waals surface area contributed by atoms with Crippen LogP contribution in [0.15, 0.2) is 24.3 Å². The molecule has 0 saturated carbocycles. The van der Waals surface area contributed by atoms with E-state index in [0.29, 0.717) is 34.0 Å². The second kappa shape index (κ2) is 6.72. The number of rotatable bonds is 5. The third-order valence-electron chi connectivity index (χ3n) is 2.50. The average Bonchev–Trinajstić information content (AvgIpc) is 2.82. The lowest BCUT2D eigenvalue weighted by atomic mass is 10.1. The van der Waals surface area contributed by atoms with E-state index >= 15 is 0 Å². The number of aromatic nitrogens is 1. The zero-order valence-electron chi connectivity index (χ0n) is 11.2. The molecule has 0 radical (unpaired) electrons. The van der Waals surface area contributed by atoms with E-state index < -0.39 is 5.97 Å².